The fourth-order valence-corrected chi connectivity index (χ4v) is 4.35. The van der Waals surface area contributed by atoms with E-state index in [0.717, 1.165) is 4.90 Å². The number of urea groups is 1. The summed E-state index contributed by atoms with van der Waals surface area (Å²) in [5.41, 5.74) is 4.32. The van der Waals surface area contributed by atoms with Crippen LogP contribution in [0.15, 0.2) is 18.2 Å². The molecule has 0 bridgehead atoms. The van der Waals surface area contributed by atoms with Crippen molar-refractivity contribution in [3.05, 3.63) is 39.5 Å². The number of carbonyl (C=O) groups excluding carboxylic acids is 2. The standard InChI is InChI=1S/C19H17Cl2F4N5O2/c20-10-2-1-9(5-11(10)21)14-13(15(26)31)12-6-29(3-4-30(12)28-14)17(32)27-18(16(22)23)7-19(24,25)8-18/h1-2,5,16H,3-4,6-8H2,(H2,26,31)(H,27,32). The predicted octanol–water partition coefficient (Wildman–Crippen LogP) is 3.91. The zero-order valence-electron chi connectivity index (χ0n) is 16.3. The van der Waals surface area contributed by atoms with E-state index in [1.165, 1.54) is 16.8 Å². The molecule has 1 aliphatic carbocycles. The molecular formula is C19H17Cl2F4N5O2. The normalized spacial score (nSPS) is 18.8. The minimum atomic E-state index is -3.25. The van der Waals surface area contributed by atoms with Gasteiger partial charge in [-0.3, -0.25) is 9.48 Å². The Morgan fingerprint density at radius 3 is 2.41 bits per heavy atom. The number of rotatable bonds is 4. The van der Waals surface area contributed by atoms with Crippen molar-refractivity contribution in [2.45, 2.75) is 43.8 Å². The van der Waals surface area contributed by atoms with Crippen LogP contribution in [0, 0.1) is 0 Å². The van der Waals surface area contributed by atoms with E-state index in [1.807, 2.05) is 0 Å². The lowest BCUT2D eigenvalue weighted by Crippen LogP contribution is -2.68. The molecular weight excluding hydrogens is 477 g/mol. The summed E-state index contributed by atoms with van der Waals surface area (Å²) in [6, 6.07) is 3.71. The Labute approximate surface area is 189 Å². The first-order valence-electron chi connectivity index (χ1n) is 9.50. The Morgan fingerprint density at radius 2 is 1.84 bits per heavy atom. The molecule has 13 heteroatoms. The van der Waals surface area contributed by atoms with Crippen LogP contribution in [0.1, 0.15) is 28.9 Å². The Bertz CT molecular complexity index is 1100. The molecule has 0 unspecified atom stereocenters. The van der Waals surface area contributed by atoms with E-state index in [1.54, 1.807) is 6.07 Å². The molecule has 0 atom stereocenters. The first kappa shape index (κ1) is 22.7. The van der Waals surface area contributed by atoms with Crippen molar-refractivity contribution in [2.75, 3.05) is 6.54 Å². The average molecular weight is 494 g/mol. The lowest BCUT2D eigenvalue weighted by atomic mass is 9.73. The van der Waals surface area contributed by atoms with Gasteiger partial charge in [-0.25, -0.2) is 22.4 Å². The molecule has 2 aromatic rings. The third kappa shape index (κ3) is 3.88. The number of carbonyl (C=O) groups is 2. The molecule has 2 heterocycles. The van der Waals surface area contributed by atoms with Crippen molar-refractivity contribution in [1.29, 1.82) is 0 Å². The Hall–Kier alpha value is -2.53. The van der Waals surface area contributed by atoms with Crippen molar-refractivity contribution in [3.8, 4) is 11.3 Å². The number of aromatic nitrogens is 2. The molecule has 1 aromatic heterocycles. The Kier molecular flexibility index (Phi) is 5.52. The minimum absolute atomic E-state index is 0.0413. The topological polar surface area (TPSA) is 93.2 Å². The predicted molar refractivity (Wildman–Crippen MR) is 108 cm³/mol. The fourth-order valence-electron chi connectivity index (χ4n) is 4.06. The molecule has 4 rings (SSSR count). The molecule has 1 fully saturated rings. The second kappa shape index (κ2) is 7.80. The van der Waals surface area contributed by atoms with Gasteiger partial charge in [0.25, 0.3) is 18.3 Å². The molecule has 1 saturated carbocycles. The van der Waals surface area contributed by atoms with Gasteiger partial charge < -0.3 is 16.0 Å². The van der Waals surface area contributed by atoms with E-state index < -0.39 is 42.7 Å². The highest BCUT2D eigenvalue weighted by Gasteiger charge is 2.62. The summed E-state index contributed by atoms with van der Waals surface area (Å²) in [7, 11) is 0. The second-order valence-electron chi connectivity index (χ2n) is 7.90. The highest BCUT2D eigenvalue weighted by Crippen LogP contribution is 2.48. The number of nitrogens with two attached hydrogens (primary N) is 1. The van der Waals surface area contributed by atoms with E-state index in [2.05, 4.69) is 10.4 Å². The first-order chi connectivity index (χ1) is 14.9. The van der Waals surface area contributed by atoms with Crippen LogP contribution < -0.4 is 11.1 Å². The van der Waals surface area contributed by atoms with Gasteiger partial charge in [-0.2, -0.15) is 5.10 Å². The van der Waals surface area contributed by atoms with E-state index in [9.17, 15) is 27.2 Å². The summed E-state index contributed by atoms with van der Waals surface area (Å²) in [5.74, 6) is -4.06. The van der Waals surface area contributed by atoms with Crippen LogP contribution in [-0.2, 0) is 13.1 Å². The van der Waals surface area contributed by atoms with Gasteiger partial charge in [0, 0.05) is 24.9 Å². The maximum atomic E-state index is 13.4. The summed E-state index contributed by atoms with van der Waals surface area (Å²) in [4.78, 5) is 26.0. The largest absolute Gasteiger partial charge is 0.365 e. The maximum absolute atomic E-state index is 13.4. The lowest BCUT2D eigenvalue weighted by molar-refractivity contribution is -0.173. The van der Waals surface area contributed by atoms with Gasteiger partial charge >= 0.3 is 6.03 Å². The highest BCUT2D eigenvalue weighted by molar-refractivity contribution is 6.42. The van der Waals surface area contributed by atoms with Crippen molar-refractivity contribution in [3.63, 3.8) is 0 Å². The minimum Gasteiger partial charge on any atom is -0.365 e. The van der Waals surface area contributed by atoms with E-state index >= 15 is 0 Å². The highest BCUT2D eigenvalue weighted by atomic mass is 35.5. The number of hydrogen-bond acceptors (Lipinski definition) is 3. The van der Waals surface area contributed by atoms with Crippen LogP contribution in [-0.4, -0.2) is 51.1 Å². The lowest BCUT2D eigenvalue weighted by Gasteiger charge is -2.47. The fraction of sp³-hybridized carbons (Fsp3) is 0.421. The summed E-state index contributed by atoms with van der Waals surface area (Å²) >= 11 is 12.0. The Balaban J connectivity index is 1.61. The quantitative estimate of drug-likeness (QED) is 0.632. The van der Waals surface area contributed by atoms with E-state index in [0.29, 0.717) is 16.3 Å². The molecule has 1 aromatic carbocycles. The van der Waals surface area contributed by atoms with Crippen LogP contribution in [0.3, 0.4) is 0 Å². The molecule has 0 saturated heterocycles. The zero-order valence-corrected chi connectivity index (χ0v) is 17.9. The molecule has 1 aliphatic heterocycles. The van der Waals surface area contributed by atoms with Gasteiger partial charge in [-0.05, 0) is 12.1 Å². The molecule has 172 valence electrons. The van der Waals surface area contributed by atoms with Gasteiger partial charge in [0.15, 0.2) is 0 Å². The van der Waals surface area contributed by atoms with Crippen molar-refractivity contribution >= 4 is 35.1 Å². The van der Waals surface area contributed by atoms with Crippen LogP contribution in [0.25, 0.3) is 11.3 Å². The third-order valence-corrected chi connectivity index (χ3v) is 6.37. The van der Waals surface area contributed by atoms with E-state index in [-0.39, 0.29) is 35.9 Å². The molecule has 0 radical (unpaired) electrons. The molecule has 2 aliphatic rings. The number of primary amides is 1. The van der Waals surface area contributed by atoms with Crippen LogP contribution in [0.2, 0.25) is 10.0 Å². The second-order valence-corrected chi connectivity index (χ2v) is 8.72. The number of amides is 3. The molecule has 32 heavy (non-hydrogen) atoms. The molecule has 3 N–H and O–H groups in total. The zero-order chi connectivity index (χ0) is 23.4. The van der Waals surface area contributed by atoms with Crippen LogP contribution in [0.5, 0.6) is 0 Å². The number of nitrogens with one attached hydrogen (secondary N) is 1. The average Bonchev–Trinajstić information content (AvgIpc) is 3.07. The number of fused-ring (bicyclic) bond motifs is 1. The number of alkyl halides is 4. The van der Waals surface area contributed by atoms with Gasteiger partial charge in [-0.15, -0.1) is 0 Å². The van der Waals surface area contributed by atoms with Gasteiger partial charge in [0.2, 0.25) is 0 Å². The number of hydrogen-bond donors (Lipinski definition) is 2. The van der Waals surface area contributed by atoms with Gasteiger partial charge in [0.1, 0.15) is 11.2 Å². The summed E-state index contributed by atoms with van der Waals surface area (Å²) in [6.07, 6.45) is -5.42. The Morgan fingerprint density at radius 1 is 1.16 bits per heavy atom. The maximum Gasteiger partial charge on any atom is 0.318 e. The van der Waals surface area contributed by atoms with Crippen molar-refractivity contribution in [2.24, 2.45) is 5.73 Å². The summed E-state index contributed by atoms with van der Waals surface area (Å²) < 4.78 is 54.8. The molecule has 0 spiro atoms. The van der Waals surface area contributed by atoms with E-state index in [4.69, 9.17) is 28.9 Å². The number of benzene rings is 1. The van der Waals surface area contributed by atoms with Crippen LogP contribution in [0.4, 0.5) is 22.4 Å². The summed E-state index contributed by atoms with van der Waals surface area (Å²) in [5, 5.41) is 7.00. The first-order valence-corrected chi connectivity index (χ1v) is 10.3. The van der Waals surface area contributed by atoms with Gasteiger partial charge in [0.05, 0.1) is 34.4 Å². The van der Waals surface area contributed by atoms with Gasteiger partial charge in [-0.1, -0.05) is 29.3 Å². The van der Waals surface area contributed by atoms with Crippen molar-refractivity contribution in [1.82, 2.24) is 20.0 Å². The molecule has 7 nitrogen and oxygen atoms in total. The smallest absolute Gasteiger partial charge is 0.318 e. The third-order valence-electron chi connectivity index (χ3n) is 5.63. The van der Waals surface area contributed by atoms with Crippen LogP contribution >= 0.6 is 23.2 Å². The molecule has 3 amide bonds. The number of nitrogens with zero attached hydrogens (tertiary/aromatic N) is 3. The SMILES string of the molecule is NC(=O)c1c(-c2ccc(Cl)c(Cl)c2)nn2c1CN(C(=O)NC1(C(F)F)CC(F)(F)C1)CC2. The van der Waals surface area contributed by atoms with Crippen molar-refractivity contribution < 1.29 is 27.2 Å². The summed E-state index contributed by atoms with van der Waals surface area (Å²) in [6.45, 7) is 0.0333. The monoisotopic (exact) mass is 493 g/mol. The number of halogens is 6.